The van der Waals surface area contributed by atoms with Gasteiger partial charge in [0.05, 0.1) is 17.8 Å². The molecule has 0 saturated heterocycles. The topological polar surface area (TPSA) is 60.7 Å². The van der Waals surface area contributed by atoms with Crippen LogP contribution in [0.2, 0.25) is 0 Å². The van der Waals surface area contributed by atoms with Gasteiger partial charge in [-0.2, -0.15) is 0 Å². The zero-order chi connectivity index (χ0) is 22.1. The molecule has 3 nitrogen and oxygen atoms in total. The molecule has 3 heteroatoms. The zero-order valence-electron chi connectivity index (χ0n) is 19.7. The van der Waals surface area contributed by atoms with Gasteiger partial charge in [0.2, 0.25) is 0 Å². The van der Waals surface area contributed by atoms with E-state index < -0.39 is 17.8 Å². The van der Waals surface area contributed by atoms with Crippen LogP contribution < -0.4 is 0 Å². The highest BCUT2D eigenvalue weighted by atomic mass is 16.3. The lowest BCUT2D eigenvalue weighted by atomic mass is 9.60. The van der Waals surface area contributed by atoms with E-state index in [-0.39, 0.29) is 0 Å². The number of hydrogen-bond acceptors (Lipinski definition) is 3. The molecule has 0 aromatic heterocycles. The fourth-order valence-corrected chi connectivity index (χ4v) is 6.74. The van der Waals surface area contributed by atoms with Gasteiger partial charge in [-0.05, 0) is 93.1 Å². The summed E-state index contributed by atoms with van der Waals surface area (Å²) in [5.74, 6) is 2.11. The molecule has 3 fully saturated rings. The molecule has 3 rings (SSSR count). The SMILES string of the molecule is C=C1/C(=C\C=C2\CCC[C@@]3(C)C2CC[C@@H]3[C@H](C)CCCC(C)(C)O)C[C@@H](O)C[C@@H]1O. The van der Waals surface area contributed by atoms with E-state index in [2.05, 4.69) is 32.6 Å². The Morgan fingerprint density at radius 3 is 2.67 bits per heavy atom. The Labute approximate surface area is 184 Å². The van der Waals surface area contributed by atoms with E-state index in [4.69, 9.17) is 0 Å². The van der Waals surface area contributed by atoms with Crippen LogP contribution in [0.5, 0.6) is 0 Å². The van der Waals surface area contributed by atoms with E-state index in [1.807, 2.05) is 13.8 Å². The first kappa shape index (κ1) is 23.8. The first-order valence-electron chi connectivity index (χ1n) is 12.2. The Morgan fingerprint density at radius 2 is 1.97 bits per heavy atom. The average molecular weight is 417 g/mol. The van der Waals surface area contributed by atoms with E-state index >= 15 is 0 Å². The van der Waals surface area contributed by atoms with Crippen molar-refractivity contribution in [2.45, 2.75) is 110 Å². The molecule has 30 heavy (non-hydrogen) atoms. The first-order chi connectivity index (χ1) is 14.0. The molecule has 0 aliphatic heterocycles. The average Bonchev–Trinajstić information content (AvgIpc) is 3.00. The van der Waals surface area contributed by atoms with E-state index in [1.54, 1.807) is 5.57 Å². The van der Waals surface area contributed by atoms with Gasteiger partial charge in [-0.25, -0.2) is 0 Å². The van der Waals surface area contributed by atoms with Crippen molar-refractivity contribution < 1.29 is 15.3 Å². The number of hydrogen-bond donors (Lipinski definition) is 3. The maximum absolute atomic E-state index is 10.1. The van der Waals surface area contributed by atoms with Crippen LogP contribution in [-0.2, 0) is 0 Å². The third-order valence-corrected chi connectivity index (χ3v) is 8.44. The van der Waals surface area contributed by atoms with Gasteiger partial charge >= 0.3 is 0 Å². The van der Waals surface area contributed by atoms with Crippen LogP contribution in [0.15, 0.2) is 35.5 Å². The smallest absolute Gasteiger partial charge is 0.0811 e. The summed E-state index contributed by atoms with van der Waals surface area (Å²) in [6.07, 6.45) is 13.9. The van der Waals surface area contributed by atoms with Crippen molar-refractivity contribution in [3.05, 3.63) is 35.5 Å². The molecule has 3 aliphatic rings. The predicted molar refractivity (Wildman–Crippen MR) is 124 cm³/mol. The largest absolute Gasteiger partial charge is 0.393 e. The van der Waals surface area contributed by atoms with E-state index in [0.29, 0.717) is 30.1 Å². The number of aliphatic hydroxyl groups excluding tert-OH is 2. The summed E-state index contributed by atoms with van der Waals surface area (Å²) in [4.78, 5) is 0. The van der Waals surface area contributed by atoms with E-state index in [1.165, 1.54) is 38.5 Å². The molecule has 0 amide bonds. The minimum Gasteiger partial charge on any atom is -0.393 e. The van der Waals surface area contributed by atoms with E-state index in [9.17, 15) is 15.3 Å². The van der Waals surface area contributed by atoms with Gasteiger partial charge < -0.3 is 15.3 Å². The van der Waals surface area contributed by atoms with Gasteiger partial charge in [0.1, 0.15) is 0 Å². The van der Waals surface area contributed by atoms with Crippen LogP contribution in [0.4, 0.5) is 0 Å². The monoisotopic (exact) mass is 416 g/mol. The summed E-state index contributed by atoms with van der Waals surface area (Å²) in [6, 6.07) is 0. The van der Waals surface area contributed by atoms with Crippen molar-refractivity contribution in [1.29, 1.82) is 0 Å². The molecule has 0 spiro atoms. The second-order valence-corrected chi connectivity index (χ2v) is 11.3. The second-order valence-electron chi connectivity index (χ2n) is 11.3. The molecule has 3 N–H and O–H groups in total. The summed E-state index contributed by atoms with van der Waals surface area (Å²) in [5.41, 5.74) is 3.17. The van der Waals surface area contributed by atoms with Crippen LogP contribution in [0.3, 0.4) is 0 Å². The van der Waals surface area contributed by atoms with Crippen LogP contribution in [-0.4, -0.2) is 33.1 Å². The molecule has 1 unspecified atom stereocenters. The molecule has 3 saturated carbocycles. The van der Waals surface area contributed by atoms with Crippen LogP contribution in [0.1, 0.15) is 91.9 Å². The molecular weight excluding hydrogens is 372 g/mol. The number of aliphatic hydroxyl groups is 3. The summed E-state index contributed by atoms with van der Waals surface area (Å²) < 4.78 is 0. The van der Waals surface area contributed by atoms with Gasteiger partial charge in [0.25, 0.3) is 0 Å². The minimum atomic E-state index is -0.615. The Bertz CT molecular complexity index is 683. The third-order valence-electron chi connectivity index (χ3n) is 8.44. The Kier molecular flexibility index (Phi) is 7.37. The molecule has 170 valence electrons. The molecule has 0 bridgehead atoms. The summed E-state index contributed by atoms with van der Waals surface area (Å²) in [5, 5.41) is 30.2. The van der Waals surface area contributed by atoms with Crippen molar-refractivity contribution in [3.8, 4) is 0 Å². The van der Waals surface area contributed by atoms with Crippen LogP contribution >= 0.6 is 0 Å². The highest BCUT2D eigenvalue weighted by Gasteiger charge is 2.50. The van der Waals surface area contributed by atoms with Crippen molar-refractivity contribution in [2.75, 3.05) is 0 Å². The molecular formula is C27H44O3. The summed E-state index contributed by atoms with van der Waals surface area (Å²) >= 11 is 0. The molecule has 6 atom stereocenters. The molecule has 0 aromatic rings. The summed E-state index contributed by atoms with van der Waals surface area (Å²) in [7, 11) is 0. The lowest BCUT2D eigenvalue weighted by Crippen LogP contribution is -2.36. The third kappa shape index (κ3) is 5.29. The predicted octanol–water partition coefficient (Wildman–Crippen LogP) is 5.70. The van der Waals surface area contributed by atoms with Crippen molar-refractivity contribution >= 4 is 0 Å². The quantitative estimate of drug-likeness (QED) is 0.520. The minimum absolute atomic E-state index is 0.374. The lowest BCUT2D eigenvalue weighted by Gasteiger charge is -2.44. The van der Waals surface area contributed by atoms with Gasteiger partial charge in [-0.15, -0.1) is 0 Å². The fourth-order valence-electron chi connectivity index (χ4n) is 6.74. The highest BCUT2D eigenvalue weighted by Crippen LogP contribution is 2.60. The van der Waals surface area contributed by atoms with Crippen LogP contribution in [0.25, 0.3) is 0 Å². The zero-order valence-corrected chi connectivity index (χ0v) is 19.7. The van der Waals surface area contributed by atoms with Crippen LogP contribution in [0, 0.1) is 23.2 Å². The molecule has 0 heterocycles. The Balaban J connectivity index is 1.70. The maximum Gasteiger partial charge on any atom is 0.0811 e. The van der Waals surface area contributed by atoms with E-state index in [0.717, 1.165) is 29.9 Å². The fraction of sp³-hybridized carbons (Fsp3) is 0.778. The standard InChI is InChI=1S/C27H44O3/c1-18(8-6-14-26(3,4)30)23-12-13-24-20(9-7-15-27(23,24)5)10-11-21-16-22(28)17-25(29)19(21)2/h10-11,18,22-25,28-30H,2,6-9,12-17H2,1,3-5H3/b20-10-,21-11-/t18-,22-,23-,24?,25+,27-/m1/s1. The Morgan fingerprint density at radius 1 is 1.23 bits per heavy atom. The number of allylic oxidation sites excluding steroid dienone is 3. The van der Waals surface area contributed by atoms with Crippen molar-refractivity contribution in [2.24, 2.45) is 23.2 Å². The Hall–Kier alpha value is -0.900. The van der Waals surface area contributed by atoms with Crippen molar-refractivity contribution in [3.63, 3.8) is 0 Å². The first-order valence-corrected chi connectivity index (χ1v) is 12.2. The maximum atomic E-state index is 10.1. The van der Waals surface area contributed by atoms with Gasteiger partial charge in [-0.1, -0.05) is 51.0 Å². The highest BCUT2D eigenvalue weighted by molar-refractivity contribution is 5.38. The summed E-state index contributed by atoms with van der Waals surface area (Å²) in [6.45, 7) is 12.8. The number of rotatable bonds is 6. The lowest BCUT2D eigenvalue weighted by molar-refractivity contribution is 0.0596. The molecule has 3 aliphatic carbocycles. The molecule has 0 radical (unpaired) electrons. The van der Waals surface area contributed by atoms with Gasteiger partial charge in [0, 0.05) is 6.42 Å². The normalized spacial score (nSPS) is 38.8. The van der Waals surface area contributed by atoms with Gasteiger partial charge in [0.15, 0.2) is 0 Å². The second kappa shape index (κ2) is 9.30. The van der Waals surface area contributed by atoms with Gasteiger partial charge in [-0.3, -0.25) is 0 Å². The van der Waals surface area contributed by atoms with Crippen molar-refractivity contribution in [1.82, 2.24) is 0 Å². The molecule has 0 aromatic carbocycles. The number of fused-ring (bicyclic) bond motifs is 1.